The number of nitrogens with zero attached hydrogens (tertiary/aromatic N) is 4. The van der Waals surface area contributed by atoms with Crippen molar-refractivity contribution in [3.63, 3.8) is 0 Å². The van der Waals surface area contributed by atoms with E-state index in [4.69, 9.17) is 16.6 Å². The minimum absolute atomic E-state index is 0.196. The van der Waals surface area contributed by atoms with E-state index in [1.165, 1.54) is 27.8 Å². The fourth-order valence-electron chi connectivity index (χ4n) is 3.92. The summed E-state index contributed by atoms with van der Waals surface area (Å²) < 4.78 is 28.6. The van der Waals surface area contributed by atoms with Crippen molar-refractivity contribution in [1.82, 2.24) is 14.2 Å². The molecule has 10 heteroatoms. The van der Waals surface area contributed by atoms with Crippen molar-refractivity contribution < 1.29 is 13.2 Å². The summed E-state index contributed by atoms with van der Waals surface area (Å²) >= 11 is 7.58. The molecule has 0 atom stereocenters. The Hall–Kier alpha value is -2.04. The summed E-state index contributed by atoms with van der Waals surface area (Å²) in [6, 6.07) is 11.7. The molecule has 0 saturated heterocycles. The third-order valence-corrected chi connectivity index (χ3v) is 9.47. The molecule has 0 aliphatic carbocycles. The Balaban J connectivity index is 1.91. The van der Waals surface area contributed by atoms with Gasteiger partial charge in [0.25, 0.3) is 5.91 Å². The van der Waals surface area contributed by atoms with Gasteiger partial charge in [0, 0.05) is 36.8 Å². The van der Waals surface area contributed by atoms with Gasteiger partial charge in [0.1, 0.15) is 0 Å². The second-order valence-electron chi connectivity index (χ2n) is 8.47. The van der Waals surface area contributed by atoms with E-state index in [9.17, 15) is 13.2 Å². The lowest BCUT2D eigenvalue weighted by Gasteiger charge is -2.25. The van der Waals surface area contributed by atoms with Crippen LogP contribution in [0.25, 0.3) is 10.2 Å². The third kappa shape index (κ3) is 6.63. The molecule has 0 aliphatic rings. The molecule has 0 N–H and O–H groups in total. The van der Waals surface area contributed by atoms with Crippen molar-refractivity contribution in [3.8, 4) is 0 Å². The van der Waals surface area contributed by atoms with Crippen LogP contribution in [0, 0.1) is 0 Å². The zero-order valence-corrected chi connectivity index (χ0v) is 23.8. The Morgan fingerprint density at radius 3 is 2.25 bits per heavy atom. The molecular weight excluding hydrogens is 516 g/mol. The number of sulfonamides is 1. The highest BCUT2D eigenvalue weighted by Gasteiger charge is 2.25. The molecule has 0 radical (unpaired) electrons. The Morgan fingerprint density at radius 1 is 0.944 bits per heavy atom. The first-order valence-electron chi connectivity index (χ1n) is 12.5. The highest BCUT2D eigenvalue weighted by molar-refractivity contribution is 7.89. The molecule has 0 fully saturated rings. The van der Waals surface area contributed by atoms with Gasteiger partial charge in [-0.25, -0.2) is 13.4 Å². The third-order valence-electron chi connectivity index (χ3n) is 6.20. The van der Waals surface area contributed by atoms with Crippen molar-refractivity contribution in [2.24, 2.45) is 0 Å². The Kier molecular flexibility index (Phi) is 10.3. The van der Waals surface area contributed by atoms with Crippen molar-refractivity contribution in [2.75, 3.05) is 44.2 Å². The molecule has 196 valence electrons. The van der Waals surface area contributed by atoms with Crippen LogP contribution in [0.2, 0.25) is 5.02 Å². The van der Waals surface area contributed by atoms with Crippen LogP contribution < -0.4 is 4.90 Å². The van der Waals surface area contributed by atoms with E-state index >= 15 is 0 Å². The minimum atomic E-state index is -3.61. The summed E-state index contributed by atoms with van der Waals surface area (Å²) in [4.78, 5) is 22.5. The molecular formula is C26H35ClN4O3S2. The summed E-state index contributed by atoms with van der Waals surface area (Å²) in [5, 5.41) is 1.22. The molecule has 2 aromatic carbocycles. The second-order valence-corrected chi connectivity index (χ2v) is 11.9. The molecule has 0 aliphatic heterocycles. The summed E-state index contributed by atoms with van der Waals surface area (Å²) in [6.07, 6.45) is 1.72. The Morgan fingerprint density at radius 2 is 1.64 bits per heavy atom. The predicted octanol–water partition coefficient (Wildman–Crippen LogP) is 5.75. The number of anilines is 1. The van der Waals surface area contributed by atoms with Crippen molar-refractivity contribution in [2.45, 2.75) is 45.4 Å². The van der Waals surface area contributed by atoms with Crippen LogP contribution in [-0.2, 0) is 10.0 Å². The van der Waals surface area contributed by atoms with Crippen LogP contribution in [0.15, 0.2) is 47.4 Å². The van der Waals surface area contributed by atoms with E-state index < -0.39 is 10.0 Å². The fourth-order valence-corrected chi connectivity index (χ4v) is 6.68. The van der Waals surface area contributed by atoms with Gasteiger partial charge in [-0.15, -0.1) is 0 Å². The topological polar surface area (TPSA) is 73.8 Å². The molecule has 0 unspecified atom stereocenters. The maximum absolute atomic E-state index is 13.7. The highest BCUT2D eigenvalue weighted by Crippen LogP contribution is 2.31. The van der Waals surface area contributed by atoms with Crippen molar-refractivity contribution in [1.29, 1.82) is 0 Å². The van der Waals surface area contributed by atoms with Crippen LogP contribution in [0.5, 0.6) is 0 Å². The van der Waals surface area contributed by atoms with Gasteiger partial charge >= 0.3 is 0 Å². The molecule has 0 spiro atoms. The Bertz CT molecular complexity index is 1260. The number of hydrogen-bond acceptors (Lipinski definition) is 6. The lowest BCUT2D eigenvalue weighted by Crippen LogP contribution is -2.39. The Labute approximate surface area is 223 Å². The van der Waals surface area contributed by atoms with Gasteiger partial charge in [-0.3, -0.25) is 9.69 Å². The molecule has 1 aromatic heterocycles. The molecule has 1 heterocycles. The predicted molar refractivity (Wildman–Crippen MR) is 150 cm³/mol. The number of carbonyl (C=O) groups excluding carboxylic acids is 1. The number of amides is 1. The monoisotopic (exact) mass is 550 g/mol. The number of aromatic nitrogens is 1. The van der Waals surface area contributed by atoms with E-state index in [0.29, 0.717) is 41.9 Å². The zero-order valence-electron chi connectivity index (χ0n) is 21.4. The summed E-state index contributed by atoms with van der Waals surface area (Å²) in [5.41, 5.74) is 1.20. The minimum Gasteiger partial charge on any atom is -0.302 e. The van der Waals surface area contributed by atoms with Crippen LogP contribution in [-0.4, -0.2) is 67.8 Å². The SMILES string of the molecule is CCCCN(CC)S(=O)(=O)c1ccc(C(=O)N(CCN(CC)CC)c2nc3ccc(Cl)cc3s2)cc1. The molecule has 1 amide bonds. The van der Waals surface area contributed by atoms with E-state index in [2.05, 4.69) is 18.7 Å². The zero-order chi connectivity index (χ0) is 26.3. The number of hydrogen-bond donors (Lipinski definition) is 0. The van der Waals surface area contributed by atoms with Gasteiger partial charge in [-0.05, 0) is 62.0 Å². The van der Waals surface area contributed by atoms with Crippen molar-refractivity contribution in [3.05, 3.63) is 53.1 Å². The molecule has 3 rings (SSSR count). The maximum atomic E-state index is 13.7. The largest absolute Gasteiger partial charge is 0.302 e. The number of carbonyl (C=O) groups is 1. The first-order valence-corrected chi connectivity index (χ1v) is 15.1. The molecule has 0 bridgehead atoms. The summed E-state index contributed by atoms with van der Waals surface area (Å²) in [7, 11) is -3.61. The maximum Gasteiger partial charge on any atom is 0.260 e. The van der Waals surface area contributed by atoms with Gasteiger partial charge in [0.05, 0.1) is 15.1 Å². The molecule has 3 aromatic rings. The average Bonchev–Trinajstić information content (AvgIpc) is 3.29. The van der Waals surface area contributed by atoms with Gasteiger partial charge in [-0.2, -0.15) is 4.31 Å². The number of unbranched alkanes of at least 4 members (excludes halogenated alkanes) is 1. The second kappa shape index (κ2) is 13.0. The van der Waals surface area contributed by atoms with Crippen molar-refractivity contribution >= 4 is 54.2 Å². The quantitative estimate of drug-likeness (QED) is 0.271. The summed E-state index contributed by atoms with van der Waals surface area (Å²) in [5.74, 6) is -0.213. The smallest absolute Gasteiger partial charge is 0.260 e. The fraction of sp³-hybridized carbons (Fsp3) is 0.462. The van der Waals surface area contributed by atoms with E-state index in [1.54, 1.807) is 23.1 Å². The average molecular weight is 551 g/mol. The van der Waals surface area contributed by atoms with Gasteiger partial charge in [-0.1, -0.05) is 57.1 Å². The number of halogens is 1. The molecule has 0 saturated carbocycles. The first kappa shape index (κ1) is 28.5. The van der Waals surface area contributed by atoms with Crippen LogP contribution in [0.4, 0.5) is 5.13 Å². The van der Waals surface area contributed by atoms with Gasteiger partial charge in [0.2, 0.25) is 10.0 Å². The number of rotatable bonds is 13. The van der Waals surface area contributed by atoms with E-state index in [-0.39, 0.29) is 10.8 Å². The normalized spacial score (nSPS) is 12.1. The standard InChI is InChI=1S/C26H35ClN4O3S2/c1-5-9-16-30(8-4)36(33,34)22-13-10-20(11-14-22)25(32)31(18-17-29(6-2)7-3)26-28-23-15-12-21(27)19-24(23)35-26/h10-15,19H,5-9,16-18H2,1-4H3. The van der Waals surface area contributed by atoms with Crippen LogP contribution in [0.3, 0.4) is 0 Å². The van der Waals surface area contributed by atoms with Crippen LogP contribution in [0.1, 0.15) is 50.9 Å². The number of benzene rings is 2. The van der Waals surface area contributed by atoms with Gasteiger partial charge in [0.15, 0.2) is 5.13 Å². The number of likely N-dealkylation sites (N-methyl/N-ethyl adjacent to an activating group) is 1. The summed E-state index contributed by atoms with van der Waals surface area (Å²) in [6.45, 7) is 11.9. The molecule has 36 heavy (non-hydrogen) atoms. The van der Waals surface area contributed by atoms with Gasteiger partial charge < -0.3 is 4.90 Å². The first-order chi connectivity index (χ1) is 17.2. The van der Waals surface area contributed by atoms with E-state index in [0.717, 1.165) is 36.1 Å². The lowest BCUT2D eigenvalue weighted by atomic mass is 10.2. The highest BCUT2D eigenvalue weighted by atomic mass is 35.5. The number of fused-ring (bicyclic) bond motifs is 1. The lowest BCUT2D eigenvalue weighted by molar-refractivity contribution is 0.0983. The number of thiazole rings is 1. The van der Waals surface area contributed by atoms with Crippen LogP contribution >= 0.6 is 22.9 Å². The van der Waals surface area contributed by atoms with E-state index in [1.807, 2.05) is 26.0 Å². The molecule has 7 nitrogen and oxygen atoms in total.